The van der Waals surface area contributed by atoms with Gasteiger partial charge in [0.25, 0.3) is 0 Å². The first kappa shape index (κ1) is 21.7. The highest BCUT2D eigenvalue weighted by Gasteiger charge is 2.12. The molecule has 0 amide bonds. The first-order valence-corrected chi connectivity index (χ1v) is 9.55. The van der Waals surface area contributed by atoms with Gasteiger partial charge in [0, 0.05) is 13.2 Å². The number of aromatic nitrogens is 4. The predicted octanol–water partition coefficient (Wildman–Crippen LogP) is 3.59. The van der Waals surface area contributed by atoms with Crippen LogP contribution in [0.2, 0.25) is 0 Å². The number of fused-ring (bicyclic) bond motifs is 1. The van der Waals surface area contributed by atoms with Crippen LogP contribution in [-0.4, -0.2) is 37.5 Å². The summed E-state index contributed by atoms with van der Waals surface area (Å²) in [4.78, 5) is 12.9. The van der Waals surface area contributed by atoms with Crippen LogP contribution < -0.4 is 5.73 Å². The molecule has 1 atom stereocenters. The summed E-state index contributed by atoms with van der Waals surface area (Å²) in [5.41, 5.74) is 7.29. The molecule has 0 aliphatic heterocycles. The lowest BCUT2D eigenvalue weighted by Crippen LogP contribution is -2.09. The Morgan fingerprint density at radius 3 is 2.43 bits per heavy atom. The van der Waals surface area contributed by atoms with Crippen molar-refractivity contribution in [2.24, 2.45) is 5.92 Å². The van der Waals surface area contributed by atoms with Gasteiger partial charge >= 0.3 is 0 Å². The number of aliphatic hydroxyl groups excluding tert-OH is 1. The quantitative estimate of drug-likeness (QED) is 0.616. The lowest BCUT2D eigenvalue weighted by Gasteiger charge is -2.11. The van der Waals surface area contributed by atoms with Crippen LogP contribution in [0.4, 0.5) is 5.82 Å². The summed E-state index contributed by atoms with van der Waals surface area (Å²) < 4.78 is 1.98. The van der Waals surface area contributed by atoms with E-state index in [2.05, 4.69) is 21.9 Å². The van der Waals surface area contributed by atoms with Gasteiger partial charge in [-0.3, -0.25) is 0 Å². The van der Waals surface area contributed by atoms with Gasteiger partial charge < -0.3 is 15.4 Å². The molecule has 23 heavy (non-hydrogen) atoms. The first-order valence-electron chi connectivity index (χ1n) is 8.32. The molecule has 0 aliphatic rings. The molecule has 1 unspecified atom stereocenters. The standard InChI is InChI=1S/C12H19N5OS.2C2H6/c1-3-8(6-18)4-5-17-7-14-9-10(13)15-12(19-2)16-11(9)17;2*1-2/h7-8,18H,3-6H2,1-2H3,(H2,13,15,16);2*1-2H3. The molecule has 3 N–H and O–H groups in total. The summed E-state index contributed by atoms with van der Waals surface area (Å²) in [6.45, 7) is 11.1. The van der Waals surface area contributed by atoms with E-state index in [1.165, 1.54) is 11.8 Å². The minimum atomic E-state index is 0.219. The van der Waals surface area contributed by atoms with Crippen molar-refractivity contribution >= 4 is 28.7 Å². The van der Waals surface area contributed by atoms with Crippen LogP contribution in [0.3, 0.4) is 0 Å². The Morgan fingerprint density at radius 2 is 1.91 bits per heavy atom. The molecule has 0 saturated heterocycles. The molecular weight excluding hydrogens is 310 g/mol. The lowest BCUT2D eigenvalue weighted by molar-refractivity contribution is 0.210. The Balaban J connectivity index is 0.00000112. The van der Waals surface area contributed by atoms with Gasteiger partial charge in [0.2, 0.25) is 0 Å². The topological polar surface area (TPSA) is 89.8 Å². The fraction of sp³-hybridized carbons (Fsp3) is 0.688. The van der Waals surface area contributed by atoms with Crippen molar-refractivity contribution < 1.29 is 5.11 Å². The highest BCUT2D eigenvalue weighted by molar-refractivity contribution is 7.98. The Hall–Kier alpha value is -1.34. The maximum Gasteiger partial charge on any atom is 0.191 e. The van der Waals surface area contributed by atoms with Crippen LogP contribution in [0, 0.1) is 5.92 Å². The fourth-order valence-corrected chi connectivity index (χ4v) is 2.31. The number of nitrogen functional groups attached to an aromatic ring is 1. The van der Waals surface area contributed by atoms with E-state index in [1.54, 1.807) is 6.33 Å². The van der Waals surface area contributed by atoms with Gasteiger partial charge in [-0.25, -0.2) is 15.0 Å². The summed E-state index contributed by atoms with van der Waals surface area (Å²) in [5.74, 6) is 0.735. The molecule has 0 aromatic carbocycles. The highest BCUT2D eigenvalue weighted by atomic mass is 32.2. The van der Waals surface area contributed by atoms with Gasteiger partial charge in [-0.1, -0.05) is 52.8 Å². The van der Waals surface area contributed by atoms with E-state index >= 15 is 0 Å². The monoisotopic (exact) mass is 341 g/mol. The number of aliphatic hydroxyl groups is 1. The number of imidazole rings is 1. The van der Waals surface area contributed by atoms with E-state index in [0.717, 1.165) is 25.0 Å². The van der Waals surface area contributed by atoms with Crippen LogP contribution in [0.15, 0.2) is 11.5 Å². The molecule has 132 valence electrons. The molecule has 0 fully saturated rings. The summed E-state index contributed by atoms with van der Waals surface area (Å²) in [7, 11) is 0. The smallest absolute Gasteiger partial charge is 0.191 e. The zero-order valence-corrected chi connectivity index (χ0v) is 16.0. The van der Waals surface area contributed by atoms with Crippen molar-refractivity contribution in [1.29, 1.82) is 0 Å². The molecule has 2 aromatic heterocycles. The van der Waals surface area contributed by atoms with E-state index in [9.17, 15) is 5.11 Å². The van der Waals surface area contributed by atoms with Crippen molar-refractivity contribution in [3.63, 3.8) is 0 Å². The summed E-state index contributed by atoms with van der Waals surface area (Å²) in [6, 6.07) is 0. The average molecular weight is 342 g/mol. The SMILES string of the molecule is CC.CC.CCC(CO)CCn1cnc2c(N)nc(SC)nc21. The third-order valence-corrected chi connectivity index (χ3v) is 3.81. The normalized spacial score (nSPS) is 11.3. The predicted molar refractivity (Wildman–Crippen MR) is 99.7 cm³/mol. The molecule has 2 rings (SSSR count). The number of hydrogen-bond acceptors (Lipinski definition) is 6. The third-order valence-electron chi connectivity index (χ3n) is 3.27. The first-order chi connectivity index (χ1) is 11.2. The Kier molecular flexibility index (Phi) is 11.4. The minimum Gasteiger partial charge on any atom is -0.396 e. The molecule has 0 radical (unpaired) electrons. The number of nitrogens with two attached hydrogens (primary N) is 1. The number of anilines is 1. The highest BCUT2D eigenvalue weighted by Crippen LogP contribution is 2.21. The van der Waals surface area contributed by atoms with E-state index in [4.69, 9.17) is 5.73 Å². The average Bonchev–Trinajstić information content (AvgIpc) is 3.03. The van der Waals surface area contributed by atoms with Gasteiger partial charge in [-0.05, 0) is 18.6 Å². The number of hydrogen-bond donors (Lipinski definition) is 2. The molecular formula is C16H31N5OS. The lowest BCUT2D eigenvalue weighted by atomic mass is 10.0. The van der Waals surface area contributed by atoms with Gasteiger partial charge in [-0.15, -0.1) is 0 Å². The molecule has 0 aliphatic carbocycles. The van der Waals surface area contributed by atoms with Crippen molar-refractivity contribution in [3.05, 3.63) is 6.33 Å². The second kappa shape index (κ2) is 12.1. The number of nitrogens with zero attached hydrogens (tertiary/aromatic N) is 4. The van der Waals surface area contributed by atoms with Crippen molar-refractivity contribution in [3.8, 4) is 0 Å². The van der Waals surface area contributed by atoms with Crippen molar-refractivity contribution in [1.82, 2.24) is 19.5 Å². The minimum absolute atomic E-state index is 0.219. The molecule has 2 heterocycles. The van der Waals surface area contributed by atoms with Crippen LogP contribution in [0.1, 0.15) is 47.5 Å². The summed E-state index contributed by atoms with van der Waals surface area (Å²) >= 11 is 1.46. The second-order valence-electron chi connectivity index (χ2n) is 4.45. The maximum absolute atomic E-state index is 9.22. The molecule has 7 heteroatoms. The van der Waals surface area contributed by atoms with Gasteiger partial charge in [0.05, 0.1) is 6.33 Å². The number of aryl methyl sites for hydroxylation is 1. The molecule has 6 nitrogen and oxygen atoms in total. The maximum atomic E-state index is 9.22. The molecule has 0 spiro atoms. The van der Waals surface area contributed by atoms with E-state index in [-0.39, 0.29) is 6.61 Å². The van der Waals surface area contributed by atoms with Gasteiger partial charge in [0.15, 0.2) is 16.6 Å². The van der Waals surface area contributed by atoms with Crippen molar-refractivity contribution in [2.45, 2.75) is 59.2 Å². The van der Waals surface area contributed by atoms with Gasteiger partial charge in [-0.2, -0.15) is 0 Å². The second-order valence-corrected chi connectivity index (χ2v) is 5.22. The zero-order chi connectivity index (χ0) is 17.8. The number of thioether (sulfide) groups is 1. The van der Waals surface area contributed by atoms with E-state index in [1.807, 2.05) is 38.5 Å². The Labute approximate surface area is 143 Å². The molecule has 2 aromatic rings. The van der Waals surface area contributed by atoms with Crippen LogP contribution in [-0.2, 0) is 6.54 Å². The largest absolute Gasteiger partial charge is 0.396 e. The Morgan fingerprint density at radius 1 is 1.26 bits per heavy atom. The van der Waals surface area contributed by atoms with Crippen LogP contribution in [0.5, 0.6) is 0 Å². The third kappa shape index (κ3) is 5.99. The summed E-state index contributed by atoms with van der Waals surface area (Å²) in [6.07, 6.45) is 5.53. The van der Waals surface area contributed by atoms with Crippen LogP contribution in [0.25, 0.3) is 11.2 Å². The van der Waals surface area contributed by atoms with E-state index in [0.29, 0.717) is 22.4 Å². The number of rotatable bonds is 6. The van der Waals surface area contributed by atoms with Crippen LogP contribution >= 0.6 is 11.8 Å². The zero-order valence-electron chi connectivity index (χ0n) is 15.2. The van der Waals surface area contributed by atoms with Crippen molar-refractivity contribution in [2.75, 3.05) is 18.6 Å². The Bertz CT molecular complexity index is 555. The molecule has 0 bridgehead atoms. The summed E-state index contributed by atoms with van der Waals surface area (Å²) in [5, 5.41) is 9.87. The fourth-order valence-electron chi connectivity index (χ4n) is 1.95. The van der Waals surface area contributed by atoms with Gasteiger partial charge in [0.1, 0.15) is 5.52 Å². The molecule has 0 saturated carbocycles. The van der Waals surface area contributed by atoms with E-state index < -0.39 is 0 Å².